The van der Waals surface area contributed by atoms with Gasteiger partial charge in [-0.1, -0.05) is 29.8 Å². The molecule has 2 bridgehead atoms. The molecule has 0 aromatic heterocycles. The average Bonchev–Trinajstić information content (AvgIpc) is 3.14. The average molecular weight is 282 g/mol. The first-order chi connectivity index (χ1) is 10.1. The molecule has 3 aliphatic rings. The number of fused-ring (bicyclic) bond motifs is 5. The fraction of sp³-hybridized carbons (Fsp3) is 0.412. The molecule has 2 fully saturated rings. The predicted octanol–water partition coefficient (Wildman–Crippen LogP) is 2.17. The van der Waals surface area contributed by atoms with Crippen LogP contribution in [0, 0.1) is 30.6 Å². The Bertz CT molecular complexity index is 605. The lowest BCUT2D eigenvalue weighted by Gasteiger charge is -2.18. The molecule has 2 aliphatic carbocycles. The second-order valence-corrected chi connectivity index (χ2v) is 6.31. The molecule has 0 unspecified atom stereocenters. The number of imide groups is 1. The van der Waals surface area contributed by atoms with Crippen LogP contribution in [0.4, 0.5) is 5.69 Å². The minimum absolute atomic E-state index is 0.00135. The summed E-state index contributed by atoms with van der Waals surface area (Å²) in [7, 11) is 0. The van der Waals surface area contributed by atoms with Crippen LogP contribution in [0.15, 0.2) is 36.4 Å². The third-order valence-corrected chi connectivity index (χ3v) is 5.05. The number of nitrogens with zero attached hydrogens (tertiary/aromatic N) is 1. The van der Waals surface area contributed by atoms with E-state index in [0.717, 1.165) is 12.1 Å². The Morgan fingerprint density at radius 3 is 2.19 bits per heavy atom. The number of carbonyl (C=O) groups excluding carboxylic acids is 2. The Balaban J connectivity index is 1.48. The highest BCUT2D eigenvalue weighted by Gasteiger charge is 2.59. The molecular formula is C17H18N2O2. The molecule has 1 saturated heterocycles. The predicted molar refractivity (Wildman–Crippen MR) is 79.2 cm³/mol. The van der Waals surface area contributed by atoms with Gasteiger partial charge < -0.3 is 5.32 Å². The Morgan fingerprint density at radius 1 is 1.05 bits per heavy atom. The lowest BCUT2D eigenvalue weighted by Crippen LogP contribution is -2.37. The van der Waals surface area contributed by atoms with E-state index in [1.165, 1.54) is 10.5 Å². The van der Waals surface area contributed by atoms with E-state index in [-0.39, 0.29) is 42.2 Å². The van der Waals surface area contributed by atoms with Gasteiger partial charge in [-0.05, 0) is 37.3 Å². The summed E-state index contributed by atoms with van der Waals surface area (Å²) in [5.41, 5.74) is 2.12. The van der Waals surface area contributed by atoms with Gasteiger partial charge in [0.15, 0.2) is 0 Å². The molecular weight excluding hydrogens is 264 g/mol. The highest BCUT2D eigenvalue weighted by Crippen LogP contribution is 2.52. The number of anilines is 1. The molecule has 1 aromatic carbocycles. The van der Waals surface area contributed by atoms with Crippen molar-refractivity contribution < 1.29 is 9.59 Å². The molecule has 4 heteroatoms. The summed E-state index contributed by atoms with van der Waals surface area (Å²) in [6.45, 7) is 2.30. The highest BCUT2D eigenvalue weighted by atomic mass is 16.2. The second kappa shape index (κ2) is 4.45. The minimum Gasteiger partial charge on any atom is -0.367 e. The molecule has 21 heavy (non-hydrogen) atoms. The van der Waals surface area contributed by atoms with Gasteiger partial charge in [0.2, 0.25) is 11.8 Å². The Hall–Kier alpha value is -2.10. The Kier molecular flexibility index (Phi) is 2.67. The Morgan fingerprint density at radius 2 is 1.62 bits per heavy atom. The maximum Gasteiger partial charge on any atom is 0.235 e. The van der Waals surface area contributed by atoms with E-state index in [1.807, 2.05) is 31.2 Å². The van der Waals surface area contributed by atoms with Crippen molar-refractivity contribution in [1.82, 2.24) is 4.90 Å². The van der Waals surface area contributed by atoms with E-state index in [4.69, 9.17) is 0 Å². The van der Waals surface area contributed by atoms with Crippen molar-refractivity contribution in [3.63, 3.8) is 0 Å². The molecule has 4 atom stereocenters. The van der Waals surface area contributed by atoms with Crippen molar-refractivity contribution in [2.24, 2.45) is 23.7 Å². The van der Waals surface area contributed by atoms with E-state index in [1.54, 1.807) is 0 Å². The number of rotatable bonds is 3. The summed E-state index contributed by atoms with van der Waals surface area (Å²) in [5.74, 6) is 0.351. The first-order valence-electron chi connectivity index (χ1n) is 7.49. The fourth-order valence-corrected chi connectivity index (χ4v) is 3.96. The molecule has 1 saturated carbocycles. The number of allylic oxidation sites excluding steroid dienone is 2. The number of carbonyl (C=O) groups is 2. The van der Waals surface area contributed by atoms with Gasteiger partial charge in [0, 0.05) is 5.69 Å². The highest BCUT2D eigenvalue weighted by molar-refractivity contribution is 6.06. The van der Waals surface area contributed by atoms with Crippen LogP contribution in [-0.4, -0.2) is 23.4 Å². The van der Waals surface area contributed by atoms with Crippen LogP contribution in [0.2, 0.25) is 0 Å². The molecule has 1 aliphatic heterocycles. The number of aryl methyl sites for hydroxylation is 1. The largest absolute Gasteiger partial charge is 0.367 e. The third kappa shape index (κ3) is 1.82. The molecule has 108 valence electrons. The van der Waals surface area contributed by atoms with Crippen molar-refractivity contribution in [3.05, 3.63) is 42.0 Å². The van der Waals surface area contributed by atoms with Crippen LogP contribution in [0.5, 0.6) is 0 Å². The van der Waals surface area contributed by atoms with E-state index in [9.17, 15) is 9.59 Å². The summed E-state index contributed by atoms with van der Waals surface area (Å²) in [6, 6.07) is 7.95. The monoisotopic (exact) mass is 282 g/mol. The van der Waals surface area contributed by atoms with E-state index < -0.39 is 0 Å². The summed E-state index contributed by atoms with van der Waals surface area (Å²) >= 11 is 0. The van der Waals surface area contributed by atoms with Crippen molar-refractivity contribution in [1.29, 1.82) is 0 Å². The van der Waals surface area contributed by atoms with Crippen LogP contribution < -0.4 is 5.32 Å². The van der Waals surface area contributed by atoms with E-state index >= 15 is 0 Å². The minimum atomic E-state index is -0.104. The standard InChI is InChI=1S/C17H18N2O2/c1-10-2-6-13(7-3-10)18-9-19-16(20)14-11-4-5-12(8-11)15(14)17(19)21/h2-7,11-12,14-15,18H,8-9H2,1H3/t11-,12-,14+,15+/m0/s1. The van der Waals surface area contributed by atoms with Crippen molar-refractivity contribution in [3.8, 4) is 0 Å². The lowest BCUT2D eigenvalue weighted by atomic mass is 9.85. The van der Waals surface area contributed by atoms with Crippen molar-refractivity contribution in [2.45, 2.75) is 13.3 Å². The normalized spacial score (nSPS) is 32.9. The molecule has 0 radical (unpaired) electrons. The number of hydrogen-bond acceptors (Lipinski definition) is 3. The van der Waals surface area contributed by atoms with Gasteiger partial charge in [-0.15, -0.1) is 0 Å². The molecule has 4 nitrogen and oxygen atoms in total. The zero-order chi connectivity index (χ0) is 14.6. The summed E-state index contributed by atoms with van der Waals surface area (Å²) in [5, 5.41) is 3.18. The zero-order valence-electron chi connectivity index (χ0n) is 12.0. The SMILES string of the molecule is Cc1ccc(NCN2C(=O)[C@H]3[C@H](C2=O)[C@H]2C=C[C@H]3C2)cc1. The first kappa shape index (κ1) is 12.6. The zero-order valence-corrected chi connectivity index (χ0v) is 12.0. The van der Waals surface area contributed by atoms with E-state index in [2.05, 4.69) is 17.5 Å². The maximum atomic E-state index is 12.5. The number of hydrogen-bond donors (Lipinski definition) is 1. The van der Waals surface area contributed by atoms with Gasteiger partial charge in [0.05, 0.1) is 18.5 Å². The quantitative estimate of drug-likeness (QED) is 0.683. The van der Waals surface area contributed by atoms with Crippen LogP contribution in [0.1, 0.15) is 12.0 Å². The number of amides is 2. The molecule has 1 N–H and O–H groups in total. The summed E-state index contributed by atoms with van der Waals surface area (Å²) < 4.78 is 0. The summed E-state index contributed by atoms with van der Waals surface area (Å²) in [6.07, 6.45) is 5.22. The smallest absolute Gasteiger partial charge is 0.235 e. The van der Waals surface area contributed by atoms with Crippen LogP contribution >= 0.6 is 0 Å². The molecule has 1 aromatic rings. The van der Waals surface area contributed by atoms with Gasteiger partial charge in [-0.25, -0.2) is 0 Å². The fourth-order valence-electron chi connectivity index (χ4n) is 3.96. The third-order valence-electron chi connectivity index (χ3n) is 5.05. The van der Waals surface area contributed by atoms with Gasteiger partial charge >= 0.3 is 0 Å². The van der Waals surface area contributed by atoms with Crippen LogP contribution in [0.25, 0.3) is 0 Å². The number of benzene rings is 1. The number of nitrogens with one attached hydrogen (secondary N) is 1. The lowest BCUT2D eigenvalue weighted by molar-refractivity contribution is -0.140. The van der Waals surface area contributed by atoms with Crippen molar-refractivity contribution >= 4 is 17.5 Å². The summed E-state index contributed by atoms with van der Waals surface area (Å²) in [4.78, 5) is 26.4. The topological polar surface area (TPSA) is 49.4 Å². The van der Waals surface area contributed by atoms with Gasteiger partial charge in [0.1, 0.15) is 0 Å². The van der Waals surface area contributed by atoms with Gasteiger partial charge in [-0.3, -0.25) is 14.5 Å². The number of likely N-dealkylation sites (tertiary alicyclic amines) is 1. The maximum absolute atomic E-state index is 12.5. The molecule has 1 heterocycles. The first-order valence-corrected chi connectivity index (χ1v) is 7.49. The molecule has 0 spiro atoms. The van der Waals surface area contributed by atoms with Crippen molar-refractivity contribution in [2.75, 3.05) is 12.0 Å². The van der Waals surface area contributed by atoms with E-state index in [0.29, 0.717) is 0 Å². The second-order valence-electron chi connectivity index (χ2n) is 6.31. The van der Waals surface area contributed by atoms with Crippen LogP contribution in [-0.2, 0) is 9.59 Å². The molecule has 4 rings (SSSR count). The Labute approximate surface area is 123 Å². The van der Waals surface area contributed by atoms with Gasteiger partial charge in [-0.2, -0.15) is 0 Å². The molecule has 2 amide bonds. The van der Waals surface area contributed by atoms with Gasteiger partial charge in [0.25, 0.3) is 0 Å². The van der Waals surface area contributed by atoms with Crippen LogP contribution in [0.3, 0.4) is 0 Å².